The number of nitrogen functional groups attached to an aromatic ring is 2. The van der Waals surface area contributed by atoms with Crippen molar-refractivity contribution in [2.75, 3.05) is 10.9 Å². The van der Waals surface area contributed by atoms with E-state index in [1.807, 2.05) is 0 Å². The van der Waals surface area contributed by atoms with E-state index in [1.54, 1.807) is 0 Å². The van der Waals surface area contributed by atoms with Gasteiger partial charge in [0.2, 0.25) is 5.28 Å². The second kappa shape index (κ2) is 3.33. The van der Waals surface area contributed by atoms with Crippen molar-refractivity contribution in [2.24, 2.45) is 11.7 Å². The molecule has 1 aromatic heterocycles. The predicted octanol–water partition coefficient (Wildman–Crippen LogP) is -0.299. The van der Waals surface area contributed by atoms with Crippen molar-refractivity contribution in [3.05, 3.63) is 11.3 Å². The van der Waals surface area contributed by atoms with Gasteiger partial charge in [0.25, 0.3) is 0 Å². The first-order valence-corrected chi connectivity index (χ1v) is 3.12. The zero-order valence-electron chi connectivity index (χ0n) is 5.50. The highest BCUT2D eigenvalue weighted by Gasteiger charge is 1.98. The number of aromatic nitrogens is 2. The van der Waals surface area contributed by atoms with Crippen LogP contribution in [0.5, 0.6) is 0 Å². The average molecular weight is 175 g/mol. The first-order valence-electron chi connectivity index (χ1n) is 2.74. The van der Waals surface area contributed by atoms with E-state index in [2.05, 4.69) is 20.8 Å². The molecule has 1 heterocycles. The van der Waals surface area contributed by atoms with Gasteiger partial charge in [-0.25, -0.2) is 11.7 Å². The van der Waals surface area contributed by atoms with Crippen molar-refractivity contribution >= 4 is 23.2 Å². The molecule has 0 aliphatic carbocycles. The lowest BCUT2D eigenvalue weighted by Crippen LogP contribution is -2.13. The van der Waals surface area contributed by atoms with E-state index < -0.39 is 0 Å². The molecule has 0 radical (unpaired) electrons. The van der Waals surface area contributed by atoms with Crippen LogP contribution in [0.3, 0.4) is 0 Å². The van der Waals surface area contributed by atoms with Crippen molar-refractivity contribution in [1.29, 1.82) is 0 Å². The van der Waals surface area contributed by atoms with E-state index in [4.69, 9.17) is 23.3 Å². The summed E-state index contributed by atoms with van der Waals surface area (Å²) < 4.78 is 0. The Hall–Kier alpha value is -1.11. The lowest BCUT2D eigenvalue weighted by atomic mass is 10.5. The number of anilines is 2. The van der Waals surface area contributed by atoms with Gasteiger partial charge in [-0.3, -0.25) is 0 Å². The van der Waals surface area contributed by atoms with Gasteiger partial charge in [-0.2, -0.15) is 9.97 Å². The van der Waals surface area contributed by atoms with Crippen LogP contribution in [0.25, 0.3) is 0 Å². The first kappa shape index (κ1) is 7.99. The Morgan fingerprint density at radius 2 is 1.64 bits per heavy atom. The molecule has 0 saturated carbocycles. The van der Waals surface area contributed by atoms with Crippen molar-refractivity contribution < 1.29 is 0 Å². The molecule has 0 aromatic carbocycles. The molecule has 1 rings (SSSR count). The lowest BCUT2D eigenvalue weighted by molar-refractivity contribution is 1.12. The molecule has 0 amide bonds. The third kappa shape index (κ3) is 1.90. The molecule has 0 atom stereocenters. The minimum atomic E-state index is 0.0772. The Labute approximate surface area is 67.9 Å². The molecular weight excluding hydrogens is 168 g/mol. The zero-order valence-corrected chi connectivity index (χ0v) is 6.26. The molecule has 7 heteroatoms. The van der Waals surface area contributed by atoms with Gasteiger partial charge in [0, 0.05) is 6.07 Å². The summed E-state index contributed by atoms with van der Waals surface area (Å²) in [5.41, 5.74) is 4.62. The van der Waals surface area contributed by atoms with E-state index in [9.17, 15) is 0 Å². The summed E-state index contributed by atoms with van der Waals surface area (Å²) in [6, 6.07) is 1.52. The van der Waals surface area contributed by atoms with Gasteiger partial charge in [-0.05, 0) is 11.6 Å². The molecule has 6 nitrogen and oxygen atoms in total. The number of halogens is 1. The number of nitrogens with two attached hydrogens (primary N) is 2. The van der Waals surface area contributed by atoms with Crippen LogP contribution in [0.1, 0.15) is 0 Å². The molecule has 0 unspecified atom stereocenters. The van der Waals surface area contributed by atoms with Crippen molar-refractivity contribution in [2.45, 2.75) is 0 Å². The Morgan fingerprint density at radius 1 is 1.18 bits per heavy atom. The number of rotatable bonds is 2. The maximum absolute atomic E-state index is 5.49. The number of nitrogens with one attached hydrogen (secondary N) is 2. The summed E-state index contributed by atoms with van der Waals surface area (Å²) in [5.74, 6) is 11.0. The van der Waals surface area contributed by atoms with Crippen molar-refractivity contribution in [3.8, 4) is 0 Å². The molecule has 60 valence electrons. The van der Waals surface area contributed by atoms with Gasteiger partial charge in [0.1, 0.15) is 11.6 Å². The van der Waals surface area contributed by atoms with Crippen LogP contribution < -0.4 is 22.5 Å². The monoisotopic (exact) mass is 174 g/mol. The van der Waals surface area contributed by atoms with Gasteiger partial charge in [-0.1, -0.05) is 0 Å². The highest BCUT2D eigenvalue weighted by molar-refractivity contribution is 6.28. The number of hydrogen-bond donors (Lipinski definition) is 4. The Kier molecular flexibility index (Phi) is 2.42. The minimum absolute atomic E-state index is 0.0772. The molecular formula is C4H7ClN6. The number of hydrogen-bond acceptors (Lipinski definition) is 6. The normalized spacial score (nSPS) is 9.36. The maximum atomic E-state index is 5.49. The molecule has 0 aliphatic rings. The fourth-order valence-corrected chi connectivity index (χ4v) is 0.748. The molecule has 0 spiro atoms. The highest BCUT2D eigenvalue weighted by Crippen LogP contribution is 2.11. The Bertz CT molecular complexity index is 228. The summed E-state index contributed by atoms with van der Waals surface area (Å²) >= 11 is 5.49. The second-order valence-corrected chi connectivity index (χ2v) is 2.03. The fraction of sp³-hybridized carbons (Fsp3) is 0. The minimum Gasteiger partial charge on any atom is -0.308 e. The summed E-state index contributed by atoms with van der Waals surface area (Å²) in [6.45, 7) is 0. The van der Waals surface area contributed by atoms with Crippen LogP contribution in [0.4, 0.5) is 11.6 Å². The van der Waals surface area contributed by atoms with Crippen molar-refractivity contribution in [1.82, 2.24) is 9.97 Å². The van der Waals surface area contributed by atoms with Crippen LogP contribution in [0.2, 0.25) is 5.28 Å². The van der Waals surface area contributed by atoms with Gasteiger partial charge in [0.05, 0.1) is 0 Å². The first-order chi connectivity index (χ1) is 5.26. The quantitative estimate of drug-likeness (QED) is 0.279. The van der Waals surface area contributed by atoms with Crippen LogP contribution in [0.15, 0.2) is 6.07 Å². The lowest BCUT2D eigenvalue weighted by Gasteiger charge is -2.02. The third-order valence-corrected chi connectivity index (χ3v) is 1.16. The molecule has 0 fully saturated rings. The summed E-state index contributed by atoms with van der Waals surface area (Å²) in [7, 11) is 0. The average Bonchev–Trinajstić information content (AvgIpc) is 2.03. The van der Waals surface area contributed by atoms with Gasteiger partial charge in [0.15, 0.2) is 0 Å². The SMILES string of the molecule is NNc1cc(NN)nc(Cl)n1. The van der Waals surface area contributed by atoms with Gasteiger partial charge in [-0.15, -0.1) is 0 Å². The molecule has 0 saturated heterocycles. The van der Waals surface area contributed by atoms with Crippen LogP contribution >= 0.6 is 11.6 Å². The van der Waals surface area contributed by atoms with Gasteiger partial charge < -0.3 is 10.9 Å². The van der Waals surface area contributed by atoms with E-state index in [0.717, 1.165) is 0 Å². The Balaban J connectivity index is 3.02. The maximum Gasteiger partial charge on any atom is 0.226 e. The van der Waals surface area contributed by atoms with Crippen LogP contribution in [0, 0.1) is 0 Å². The van der Waals surface area contributed by atoms with E-state index >= 15 is 0 Å². The van der Waals surface area contributed by atoms with Gasteiger partial charge >= 0.3 is 0 Å². The second-order valence-electron chi connectivity index (χ2n) is 1.70. The van der Waals surface area contributed by atoms with Crippen LogP contribution in [-0.2, 0) is 0 Å². The molecule has 6 N–H and O–H groups in total. The summed E-state index contributed by atoms with van der Waals surface area (Å²) in [4.78, 5) is 7.45. The molecule has 0 aliphatic heterocycles. The zero-order chi connectivity index (χ0) is 8.27. The standard InChI is InChI=1S/C4H7ClN6/c5-4-8-2(10-6)1-3(9-4)11-7/h1H,6-7H2,(H2,8,9,10,11). The predicted molar refractivity (Wildman–Crippen MR) is 42.7 cm³/mol. The fourth-order valence-electron chi connectivity index (χ4n) is 0.566. The Morgan fingerprint density at radius 3 is 2.00 bits per heavy atom. The number of nitrogens with zero attached hydrogens (tertiary/aromatic N) is 2. The van der Waals surface area contributed by atoms with E-state index in [0.29, 0.717) is 11.6 Å². The van der Waals surface area contributed by atoms with Crippen LogP contribution in [-0.4, -0.2) is 9.97 Å². The molecule has 0 bridgehead atoms. The summed E-state index contributed by atoms with van der Waals surface area (Å²) in [6.07, 6.45) is 0. The smallest absolute Gasteiger partial charge is 0.226 e. The van der Waals surface area contributed by atoms with Crippen molar-refractivity contribution in [3.63, 3.8) is 0 Å². The summed E-state index contributed by atoms with van der Waals surface area (Å²) in [5, 5.41) is 0.0772. The third-order valence-electron chi connectivity index (χ3n) is 0.995. The number of hydrazine groups is 2. The van der Waals surface area contributed by atoms with E-state index in [-0.39, 0.29) is 5.28 Å². The molecule has 1 aromatic rings. The van der Waals surface area contributed by atoms with E-state index in [1.165, 1.54) is 6.07 Å². The largest absolute Gasteiger partial charge is 0.308 e. The topological polar surface area (TPSA) is 102 Å². The highest BCUT2D eigenvalue weighted by atomic mass is 35.5. The molecule has 11 heavy (non-hydrogen) atoms.